The van der Waals surface area contributed by atoms with E-state index in [2.05, 4.69) is 4.98 Å². The summed E-state index contributed by atoms with van der Waals surface area (Å²) in [6.45, 7) is 2.21. The van der Waals surface area contributed by atoms with E-state index in [1.165, 1.54) is 6.92 Å². The van der Waals surface area contributed by atoms with Gasteiger partial charge in [0.25, 0.3) is 0 Å². The smallest absolute Gasteiger partial charge is 0.219 e. The number of hydrogen-bond acceptors (Lipinski definition) is 3. The van der Waals surface area contributed by atoms with Crippen molar-refractivity contribution in [2.24, 2.45) is 0 Å². The number of rotatable bonds is 5. The van der Waals surface area contributed by atoms with Crippen LogP contribution in [0.3, 0.4) is 0 Å². The summed E-state index contributed by atoms with van der Waals surface area (Å²) in [5, 5.41) is 9.83. The summed E-state index contributed by atoms with van der Waals surface area (Å²) in [5.41, 5.74) is 0.827. The number of carbonyl (C=O) groups excluding carboxylic acids is 1. The van der Waals surface area contributed by atoms with E-state index in [0.29, 0.717) is 13.0 Å². The largest absolute Gasteiger partial charge is 0.388 e. The highest BCUT2D eigenvalue weighted by Crippen LogP contribution is 2.16. The second-order valence-electron chi connectivity index (χ2n) is 3.88. The summed E-state index contributed by atoms with van der Waals surface area (Å²) < 4.78 is 0. The fourth-order valence-corrected chi connectivity index (χ4v) is 1.42. The van der Waals surface area contributed by atoms with Gasteiger partial charge in [0.15, 0.2) is 0 Å². The minimum atomic E-state index is -0.492. The first-order chi connectivity index (χ1) is 7.61. The number of carbonyl (C=O) groups is 1. The van der Waals surface area contributed by atoms with Crippen LogP contribution in [0.2, 0.25) is 0 Å². The minimum Gasteiger partial charge on any atom is -0.388 e. The van der Waals surface area contributed by atoms with Crippen molar-refractivity contribution in [1.82, 2.24) is 9.88 Å². The lowest BCUT2D eigenvalue weighted by atomic mass is 10.1. The Kier molecular flexibility index (Phi) is 4.92. The molecule has 0 fully saturated rings. The van der Waals surface area contributed by atoms with Gasteiger partial charge in [0, 0.05) is 32.9 Å². The predicted molar refractivity (Wildman–Crippen MR) is 61.7 cm³/mol. The molecule has 0 spiro atoms. The molecule has 1 rings (SSSR count). The molecular formula is C12H18N2O2. The highest BCUT2D eigenvalue weighted by molar-refractivity contribution is 5.72. The maximum absolute atomic E-state index is 10.9. The minimum absolute atomic E-state index is 0.0517. The van der Waals surface area contributed by atoms with Crippen LogP contribution >= 0.6 is 0 Å². The highest BCUT2D eigenvalue weighted by atomic mass is 16.3. The maximum atomic E-state index is 10.9. The monoisotopic (exact) mass is 222 g/mol. The molecule has 4 heteroatoms. The second kappa shape index (κ2) is 6.23. The lowest BCUT2D eigenvalue weighted by Gasteiger charge is -2.16. The summed E-state index contributed by atoms with van der Waals surface area (Å²) in [7, 11) is 1.76. The van der Waals surface area contributed by atoms with Crippen LogP contribution in [0.25, 0.3) is 0 Å². The Balaban J connectivity index is 2.31. The van der Waals surface area contributed by atoms with Gasteiger partial charge < -0.3 is 10.0 Å². The third-order valence-electron chi connectivity index (χ3n) is 2.58. The standard InChI is InChI=1S/C12H18N2O2/c1-10(15)14(2)8-4-6-12(16)11-5-3-7-13-9-11/h3,5,7,9,12,16H,4,6,8H2,1-2H3/t12-/m1/s1. The molecule has 0 radical (unpaired) electrons. The Morgan fingerprint density at radius 1 is 1.62 bits per heavy atom. The summed E-state index contributed by atoms with van der Waals surface area (Å²) in [5.74, 6) is 0.0517. The molecule has 1 N–H and O–H groups in total. The van der Waals surface area contributed by atoms with Crippen LogP contribution in [0.4, 0.5) is 0 Å². The number of amides is 1. The SMILES string of the molecule is CC(=O)N(C)CCC[C@@H](O)c1cccnc1. The molecule has 0 aromatic carbocycles. The Hall–Kier alpha value is -1.42. The van der Waals surface area contributed by atoms with Gasteiger partial charge in [-0.25, -0.2) is 0 Å². The Morgan fingerprint density at radius 2 is 2.38 bits per heavy atom. The van der Waals surface area contributed by atoms with Crippen LogP contribution in [-0.4, -0.2) is 34.5 Å². The molecule has 1 aromatic heterocycles. The molecule has 0 saturated heterocycles. The molecule has 1 aromatic rings. The van der Waals surface area contributed by atoms with Gasteiger partial charge in [0.05, 0.1) is 6.10 Å². The zero-order chi connectivity index (χ0) is 12.0. The molecule has 16 heavy (non-hydrogen) atoms. The van der Waals surface area contributed by atoms with Crippen LogP contribution < -0.4 is 0 Å². The van der Waals surface area contributed by atoms with E-state index in [0.717, 1.165) is 12.0 Å². The third-order valence-corrected chi connectivity index (χ3v) is 2.58. The maximum Gasteiger partial charge on any atom is 0.219 e. The summed E-state index contributed by atoms with van der Waals surface area (Å²) in [4.78, 5) is 16.5. The molecule has 0 bridgehead atoms. The van der Waals surface area contributed by atoms with E-state index < -0.39 is 6.10 Å². The average Bonchev–Trinajstić information content (AvgIpc) is 2.29. The van der Waals surface area contributed by atoms with E-state index >= 15 is 0 Å². The van der Waals surface area contributed by atoms with Crippen molar-refractivity contribution in [3.05, 3.63) is 30.1 Å². The molecule has 88 valence electrons. The van der Waals surface area contributed by atoms with Crippen molar-refractivity contribution >= 4 is 5.91 Å². The highest BCUT2D eigenvalue weighted by Gasteiger charge is 2.08. The molecule has 0 aliphatic carbocycles. The predicted octanol–water partition coefficient (Wildman–Crippen LogP) is 1.37. The molecule has 0 saturated carbocycles. The van der Waals surface area contributed by atoms with Crippen LogP contribution in [0.15, 0.2) is 24.5 Å². The summed E-state index contributed by atoms with van der Waals surface area (Å²) in [6, 6.07) is 3.66. The van der Waals surface area contributed by atoms with Crippen molar-refractivity contribution in [3.8, 4) is 0 Å². The molecule has 1 amide bonds. The summed E-state index contributed by atoms with van der Waals surface area (Å²) in [6.07, 6.45) is 4.28. The first-order valence-electron chi connectivity index (χ1n) is 5.41. The van der Waals surface area contributed by atoms with Gasteiger partial charge in [-0.05, 0) is 24.5 Å². The van der Waals surface area contributed by atoms with E-state index in [1.807, 2.05) is 6.07 Å². The molecular weight excluding hydrogens is 204 g/mol. The number of hydrogen-bond donors (Lipinski definition) is 1. The first kappa shape index (κ1) is 12.6. The van der Waals surface area contributed by atoms with Crippen LogP contribution in [-0.2, 0) is 4.79 Å². The number of aliphatic hydroxyl groups excluding tert-OH is 1. The molecule has 1 atom stereocenters. The van der Waals surface area contributed by atoms with Gasteiger partial charge in [-0.15, -0.1) is 0 Å². The zero-order valence-electron chi connectivity index (χ0n) is 9.76. The normalized spacial score (nSPS) is 12.2. The number of nitrogens with zero attached hydrogens (tertiary/aromatic N) is 2. The van der Waals surface area contributed by atoms with Gasteiger partial charge in [0.1, 0.15) is 0 Å². The fourth-order valence-electron chi connectivity index (χ4n) is 1.42. The van der Waals surface area contributed by atoms with Gasteiger partial charge >= 0.3 is 0 Å². The average molecular weight is 222 g/mol. The van der Waals surface area contributed by atoms with Crippen LogP contribution in [0, 0.1) is 0 Å². The van der Waals surface area contributed by atoms with Gasteiger partial charge in [-0.1, -0.05) is 6.07 Å². The van der Waals surface area contributed by atoms with Crippen LogP contribution in [0.5, 0.6) is 0 Å². The van der Waals surface area contributed by atoms with Crippen molar-refractivity contribution in [2.45, 2.75) is 25.9 Å². The fraction of sp³-hybridized carbons (Fsp3) is 0.500. The number of pyridine rings is 1. The molecule has 4 nitrogen and oxygen atoms in total. The van der Waals surface area contributed by atoms with Crippen molar-refractivity contribution < 1.29 is 9.90 Å². The number of aliphatic hydroxyl groups is 1. The van der Waals surface area contributed by atoms with E-state index in [1.54, 1.807) is 30.4 Å². The molecule has 0 aliphatic heterocycles. The first-order valence-corrected chi connectivity index (χ1v) is 5.41. The van der Waals surface area contributed by atoms with Gasteiger partial charge in [-0.2, -0.15) is 0 Å². The van der Waals surface area contributed by atoms with Gasteiger partial charge in [-0.3, -0.25) is 9.78 Å². The number of aromatic nitrogens is 1. The molecule has 0 aliphatic rings. The quantitative estimate of drug-likeness (QED) is 0.818. The van der Waals surface area contributed by atoms with Crippen LogP contribution in [0.1, 0.15) is 31.4 Å². The van der Waals surface area contributed by atoms with E-state index in [4.69, 9.17) is 0 Å². The summed E-state index contributed by atoms with van der Waals surface area (Å²) >= 11 is 0. The van der Waals surface area contributed by atoms with E-state index in [9.17, 15) is 9.90 Å². The Morgan fingerprint density at radius 3 is 2.94 bits per heavy atom. The van der Waals surface area contributed by atoms with Crippen molar-refractivity contribution in [3.63, 3.8) is 0 Å². The lowest BCUT2D eigenvalue weighted by Crippen LogP contribution is -2.25. The zero-order valence-corrected chi connectivity index (χ0v) is 9.76. The topological polar surface area (TPSA) is 53.4 Å². The van der Waals surface area contributed by atoms with Crippen molar-refractivity contribution in [2.75, 3.05) is 13.6 Å². The molecule has 0 unspecified atom stereocenters. The van der Waals surface area contributed by atoms with Crippen molar-refractivity contribution in [1.29, 1.82) is 0 Å². The third kappa shape index (κ3) is 3.98. The van der Waals surface area contributed by atoms with Gasteiger partial charge in [0.2, 0.25) is 5.91 Å². The lowest BCUT2D eigenvalue weighted by molar-refractivity contribution is -0.127. The second-order valence-corrected chi connectivity index (χ2v) is 3.88. The molecule has 1 heterocycles. The Bertz CT molecular complexity index is 327. The Labute approximate surface area is 95.9 Å². The van der Waals surface area contributed by atoms with E-state index in [-0.39, 0.29) is 5.91 Å².